The van der Waals surface area contributed by atoms with Crippen molar-refractivity contribution in [3.8, 4) is 0 Å². The number of aryl methyl sites for hydroxylation is 1. The third-order valence-electron chi connectivity index (χ3n) is 18.1. The highest BCUT2D eigenvalue weighted by Gasteiger charge is 2.91. The van der Waals surface area contributed by atoms with E-state index in [4.69, 9.17) is 15.2 Å². The van der Waals surface area contributed by atoms with Crippen LogP contribution in [0.25, 0.3) is 0 Å². The van der Waals surface area contributed by atoms with E-state index >= 15 is 4.79 Å². The predicted molar refractivity (Wildman–Crippen MR) is 222 cm³/mol. The Labute approximate surface area is 341 Å². The lowest BCUT2D eigenvalue weighted by Gasteiger charge is -2.69. The van der Waals surface area contributed by atoms with E-state index in [9.17, 15) is 4.79 Å². The zero-order chi connectivity index (χ0) is 38.7. The Morgan fingerprint density at radius 3 is 2.54 bits per heavy atom. The monoisotopic (exact) mass is 774 g/mol. The maximum Gasteiger partial charge on any atom is 0.339 e. The maximum atomic E-state index is 15.3. The molecule has 2 N–H and O–H groups in total. The van der Waals surface area contributed by atoms with E-state index in [1.807, 2.05) is 0 Å². The summed E-state index contributed by atoms with van der Waals surface area (Å²) in [5.74, 6) is 3.28. The molecule has 3 spiro atoms. The minimum atomic E-state index is -0.934. The van der Waals surface area contributed by atoms with Crippen LogP contribution >= 0.6 is 0 Å². The van der Waals surface area contributed by atoms with Gasteiger partial charge in [-0.15, -0.1) is 0 Å². The molecule has 0 radical (unpaired) electrons. The lowest BCUT2D eigenvalue weighted by atomic mass is 9.31. The number of ether oxygens (including phenoxy) is 2. The summed E-state index contributed by atoms with van der Waals surface area (Å²) in [5.41, 5.74) is 9.74. The number of rotatable bonds is 6. The van der Waals surface area contributed by atoms with Crippen molar-refractivity contribution in [3.05, 3.63) is 70.1 Å². The Morgan fingerprint density at radius 2 is 1.75 bits per heavy atom. The summed E-state index contributed by atoms with van der Waals surface area (Å²) in [6, 6.07) is 6.82. The third kappa shape index (κ3) is 5.09. The van der Waals surface area contributed by atoms with Crippen molar-refractivity contribution in [1.29, 1.82) is 0 Å². The van der Waals surface area contributed by atoms with E-state index in [1.165, 1.54) is 76.5 Å². The summed E-state index contributed by atoms with van der Waals surface area (Å²) < 4.78 is 13.9. The molecule has 7 nitrogen and oxygen atoms in total. The van der Waals surface area contributed by atoms with Crippen LogP contribution in [-0.4, -0.2) is 60.5 Å². The number of esters is 2. The van der Waals surface area contributed by atoms with E-state index < -0.39 is 16.4 Å². The molecule has 3 saturated heterocycles. The quantitative estimate of drug-likeness (QED) is 0.228. The molecular formula is C50H67N3O4. The molecule has 7 heteroatoms. The topological polar surface area (TPSA) is 85.1 Å². The van der Waals surface area contributed by atoms with Crippen LogP contribution in [0.2, 0.25) is 0 Å². The fourth-order valence-electron chi connectivity index (χ4n) is 16.2. The average Bonchev–Trinajstić information content (AvgIpc) is 3.86. The van der Waals surface area contributed by atoms with E-state index in [-0.39, 0.29) is 17.9 Å². The van der Waals surface area contributed by atoms with Gasteiger partial charge in [0.05, 0.1) is 11.0 Å². The van der Waals surface area contributed by atoms with Crippen LogP contribution < -0.4 is 5.73 Å². The van der Waals surface area contributed by atoms with Gasteiger partial charge in [-0.25, -0.2) is 4.79 Å². The van der Waals surface area contributed by atoms with E-state index in [1.54, 1.807) is 5.70 Å². The summed E-state index contributed by atoms with van der Waals surface area (Å²) >= 11 is 0. The van der Waals surface area contributed by atoms with Crippen molar-refractivity contribution >= 4 is 11.9 Å². The van der Waals surface area contributed by atoms with Crippen LogP contribution in [0.15, 0.2) is 53.5 Å². The van der Waals surface area contributed by atoms with Crippen molar-refractivity contribution < 1.29 is 19.1 Å². The van der Waals surface area contributed by atoms with Crippen LogP contribution in [0.1, 0.15) is 144 Å². The average molecular weight is 774 g/mol. The first kappa shape index (κ1) is 37.1. The zero-order valence-corrected chi connectivity index (χ0v) is 34.9. The molecule has 3 saturated carbocycles. The number of hydrogen-bond donors (Lipinski definition) is 1. The second kappa shape index (κ2) is 13.6. The standard InChI is InChI=1S/C50H67N3O4/c1-3-9-42-48-27-36-18-22-49(48,50(42)39-13-6-10-35(12-8-23-51)44(39)45(54)57-50)43(56-46(48)55)17-16-40(37-11-7-21-47(26-37)19-4-5-20-47)52-28-33-25-34(29-52)31-53(30-33)41-15-14-32(2)24-38(36)41/h6,10,13,15,17,27,32-34,37-38,40,42H,3-5,7-9,11-12,14,16,18-26,28-31,51H2,1-2H3. The van der Waals surface area contributed by atoms with Gasteiger partial charge in [0, 0.05) is 55.3 Å². The summed E-state index contributed by atoms with van der Waals surface area (Å²) in [4.78, 5) is 35.5. The highest BCUT2D eigenvalue weighted by atomic mass is 16.6. The van der Waals surface area contributed by atoms with Gasteiger partial charge in [0.25, 0.3) is 0 Å². The molecule has 0 amide bonds. The second-order valence-corrected chi connectivity index (χ2v) is 21.1. The molecule has 10 atom stereocenters. The third-order valence-corrected chi connectivity index (χ3v) is 18.1. The van der Waals surface area contributed by atoms with Gasteiger partial charge in [-0.05, 0) is 137 Å². The molecule has 14 rings (SSSR count). The summed E-state index contributed by atoms with van der Waals surface area (Å²) in [6.45, 7) is 9.90. The molecule has 1 aromatic carbocycles. The Hall–Kier alpha value is -2.90. The van der Waals surface area contributed by atoms with Crippen molar-refractivity contribution in [2.75, 3.05) is 32.7 Å². The summed E-state index contributed by atoms with van der Waals surface area (Å²) in [7, 11) is 0. The van der Waals surface area contributed by atoms with Crippen LogP contribution in [0.4, 0.5) is 0 Å². The van der Waals surface area contributed by atoms with Gasteiger partial charge in [0.15, 0.2) is 5.60 Å². The molecule has 8 aliphatic heterocycles. The van der Waals surface area contributed by atoms with Crippen molar-refractivity contribution in [2.24, 2.45) is 57.5 Å². The van der Waals surface area contributed by atoms with Gasteiger partial charge in [-0.3, -0.25) is 9.69 Å². The van der Waals surface area contributed by atoms with Crippen LogP contribution in [0, 0.1) is 51.8 Å². The fourth-order valence-corrected chi connectivity index (χ4v) is 16.2. The van der Waals surface area contributed by atoms with Crippen molar-refractivity contribution in [3.63, 3.8) is 0 Å². The van der Waals surface area contributed by atoms with Gasteiger partial charge in [-0.1, -0.05) is 75.5 Å². The van der Waals surface area contributed by atoms with Gasteiger partial charge < -0.3 is 20.1 Å². The first-order valence-electron chi connectivity index (χ1n) is 23.6. The Bertz CT molecular complexity index is 1910. The highest BCUT2D eigenvalue weighted by molar-refractivity contribution is 5.99. The number of nitrogens with two attached hydrogens (primary N) is 1. The fraction of sp³-hybridized carbons (Fsp3) is 0.720. The number of hydrogen-bond acceptors (Lipinski definition) is 7. The second-order valence-electron chi connectivity index (χ2n) is 21.1. The number of fused-ring (bicyclic) bond motifs is 2. The van der Waals surface area contributed by atoms with Crippen molar-refractivity contribution in [2.45, 2.75) is 141 Å². The van der Waals surface area contributed by atoms with E-state index in [2.05, 4.69) is 60.1 Å². The lowest BCUT2D eigenvalue weighted by Crippen LogP contribution is -2.75. The summed E-state index contributed by atoms with van der Waals surface area (Å²) in [5, 5.41) is 0. The minimum absolute atomic E-state index is 0.0959. The van der Waals surface area contributed by atoms with Gasteiger partial charge in [0.1, 0.15) is 11.2 Å². The molecule has 5 aliphatic carbocycles. The molecule has 8 heterocycles. The van der Waals surface area contributed by atoms with Gasteiger partial charge >= 0.3 is 11.9 Å². The Balaban J connectivity index is 1.11. The Morgan fingerprint density at radius 1 is 0.947 bits per heavy atom. The molecule has 13 aliphatic rings. The maximum absolute atomic E-state index is 15.3. The smallest absolute Gasteiger partial charge is 0.339 e. The predicted octanol–water partition coefficient (Wildman–Crippen LogP) is 9.21. The number of allylic oxidation sites excluding steroid dienone is 2. The minimum Gasteiger partial charge on any atom is -0.449 e. The molecule has 6 fully saturated rings. The number of nitrogens with zero attached hydrogens (tertiary/aromatic N) is 2. The Kier molecular flexibility index (Phi) is 8.83. The SMILES string of the molecule is CCCC1C23C=C4CCC2(C(=CCC(C2CCCC5(CCCC5)C2)N2CC5CC(CN(C5)C5=CCC(C)CC45)C2)OC3=O)C12OC(=O)c1c(CCCN)cccc12. The first-order chi connectivity index (χ1) is 27.8. The molecule has 306 valence electrons. The number of piperidine rings is 2. The molecule has 1 aromatic rings. The van der Waals surface area contributed by atoms with E-state index in [0.717, 1.165) is 93.3 Å². The highest BCUT2D eigenvalue weighted by Crippen LogP contribution is 2.84. The summed E-state index contributed by atoms with van der Waals surface area (Å²) in [6.07, 6.45) is 27.9. The van der Waals surface area contributed by atoms with E-state index in [0.29, 0.717) is 47.6 Å². The molecule has 0 aromatic heterocycles. The molecular weight excluding hydrogens is 707 g/mol. The molecule has 8 bridgehead atoms. The number of carbonyl (C=O) groups excluding carboxylic acids is 2. The van der Waals surface area contributed by atoms with Gasteiger partial charge in [0.2, 0.25) is 0 Å². The number of benzene rings is 1. The van der Waals surface area contributed by atoms with Crippen LogP contribution in [-0.2, 0) is 26.3 Å². The normalized spacial score (nSPS) is 42.4. The van der Waals surface area contributed by atoms with Crippen LogP contribution in [0.5, 0.6) is 0 Å². The number of carbonyl (C=O) groups is 2. The zero-order valence-electron chi connectivity index (χ0n) is 34.9. The first-order valence-corrected chi connectivity index (χ1v) is 23.6. The van der Waals surface area contributed by atoms with Crippen molar-refractivity contribution in [1.82, 2.24) is 9.80 Å². The van der Waals surface area contributed by atoms with Crippen LogP contribution in [0.3, 0.4) is 0 Å². The van der Waals surface area contributed by atoms with Gasteiger partial charge in [-0.2, -0.15) is 0 Å². The molecule has 57 heavy (non-hydrogen) atoms. The molecule has 10 unspecified atom stereocenters. The largest absolute Gasteiger partial charge is 0.449 e. The lowest BCUT2D eigenvalue weighted by molar-refractivity contribution is -0.271.